The summed E-state index contributed by atoms with van der Waals surface area (Å²) in [6.07, 6.45) is 0. The highest BCUT2D eigenvalue weighted by Gasteiger charge is 2.30. The van der Waals surface area contributed by atoms with Gasteiger partial charge in [-0.1, -0.05) is 13.8 Å². The van der Waals surface area contributed by atoms with Gasteiger partial charge in [-0.25, -0.2) is 0 Å². The molecule has 0 aromatic rings. The maximum atomic E-state index is 5.80. The topological polar surface area (TPSA) is 21.7 Å². The lowest BCUT2D eigenvalue weighted by Gasteiger charge is -2.28. The van der Waals surface area contributed by atoms with Crippen LogP contribution in [-0.2, 0) is 8.85 Å². The van der Waals surface area contributed by atoms with Crippen LogP contribution in [0.2, 0.25) is 12.6 Å². The van der Waals surface area contributed by atoms with Crippen molar-refractivity contribution in [2.24, 2.45) is 0 Å². The average molecular weight is 233 g/mol. The van der Waals surface area contributed by atoms with Gasteiger partial charge in [-0.15, -0.1) is 0 Å². The van der Waals surface area contributed by atoms with Gasteiger partial charge >= 0.3 is 8.56 Å². The molecule has 0 aliphatic heterocycles. The highest BCUT2D eigenvalue weighted by molar-refractivity contribution is 6.66. The Morgan fingerprint density at radius 1 is 0.933 bits per heavy atom. The molecule has 0 aromatic heterocycles. The molecule has 4 heteroatoms. The predicted molar refractivity (Wildman–Crippen MR) is 67.5 cm³/mol. The Morgan fingerprint density at radius 2 is 1.40 bits per heavy atom. The van der Waals surface area contributed by atoms with Gasteiger partial charge in [0.2, 0.25) is 0 Å². The molecule has 0 amide bonds. The van der Waals surface area contributed by atoms with Gasteiger partial charge in [0.25, 0.3) is 0 Å². The van der Waals surface area contributed by atoms with E-state index in [1.54, 1.807) is 0 Å². The summed E-state index contributed by atoms with van der Waals surface area (Å²) in [4.78, 5) is 2.42. The molecule has 0 saturated heterocycles. The van der Waals surface area contributed by atoms with E-state index >= 15 is 0 Å². The van der Waals surface area contributed by atoms with Crippen molar-refractivity contribution in [3.8, 4) is 0 Å². The Balaban J connectivity index is 4.03. The van der Waals surface area contributed by atoms with Crippen molar-refractivity contribution in [1.29, 1.82) is 0 Å². The zero-order valence-electron chi connectivity index (χ0n) is 11.0. The van der Waals surface area contributed by atoms with Crippen LogP contribution in [0.4, 0.5) is 0 Å². The molecule has 15 heavy (non-hydrogen) atoms. The maximum Gasteiger partial charge on any atom is 0.336 e. The van der Waals surface area contributed by atoms with E-state index in [-0.39, 0.29) is 0 Å². The van der Waals surface area contributed by atoms with E-state index < -0.39 is 8.56 Å². The van der Waals surface area contributed by atoms with Crippen molar-refractivity contribution in [3.05, 3.63) is 0 Å². The van der Waals surface area contributed by atoms with Gasteiger partial charge in [-0.05, 0) is 33.5 Å². The number of rotatable bonds is 9. The molecular weight excluding hydrogens is 206 g/mol. The molecule has 0 fully saturated rings. The monoisotopic (exact) mass is 233 g/mol. The third-order valence-corrected chi connectivity index (χ3v) is 5.61. The molecule has 0 aromatic carbocycles. The van der Waals surface area contributed by atoms with Gasteiger partial charge in [0, 0.05) is 25.8 Å². The number of hydrogen-bond donors (Lipinski definition) is 0. The van der Waals surface area contributed by atoms with E-state index in [0.29, 0.717) is 0 Å². The molecule has 0 spiro atoms. The molecule has 0 atom stereocenters. The van der Waals surface area contributed by atoms with Crippen LogP contribution >= 0.6 is 0 Å². The molecule has 0 rings (SSSR count). The standard InChI is InChI=1S/C11H27NO2Si/c1-6-12(7-2)10-11-15(5,13-8-3)14-9-4/h6-11H2,1-5H3. The molecule has 0 aliphatic rings. The minimum Gasteiger partial charge on any atom is -0.395 e. The summed E-state index contributed by atoms with van der Waals surface area (Å²) < 4.78 is 11.6. The van der Waals surface area contributed by atoms with Crippen molar-refractivity contribution in [2.75, 3.05) is 32.8 Å². The lowest BCUT2D eigenvalue weighted by molar-refractivity contribution is 0.182. The fourth-order valence-electron chi connectivity index (χ4n) is 1.70. The van der Waals surface area contributed by atoms with Crippen LogP contribution in [0.3, 0.4) is 0 Å². The minimum atomic E-state index is -1.89. The Bertz CT molecular complexity index is 146. The second-order valence-corrected chi connectivity index (χ2v) is 7.12. The lowest BCUT2D eigenvalue weighted by atomic mass is 10.5. The smallest absolute Gasteiger partial charge is 0.336 e. The third kappa shape index (κ3) is 6.30. The fraction of sp³-hybridized carbons (Fsp3) is 1.00. The van der Waals surface area contributed by atoms with E-state index in [0.717, 1.165) is 38.9 Å². The first-order valence-corrected chi connectivity index (χ1v) is 8.64. The normalized spacial score (nSPS) is 12.4. The molecule has 0 unspecified atom stereocenters. The number of nitrogens with zero attached hydrogens (tertiary/aromatic N) is 1. The lowest BCUT2D eigenvalue weighted by Crippen LogP contribution is -2.42. The van der Waals surface area contributed by atoms with Gasteiger partial charge in [0.15, 0.2) is 0 Å². The van der Waals surface area contributed by atoms with E-state index in [2.05, 4.69) is 25.3 Å². The molecule has 3 nitrogen and oxygen atoms in total. The Kier molecular flexibility index (Phi) is 8.33. The minimum absolute atomic E-state index is 0.765. The van der Waals surface area contributed by atoms with Crippen LogP contribution in [-0.4, -0.2) is 46.3 Å². The zero-order chi connectivity index (χ0) is 11.7. The second-order valence-electron chi connectivity index (χ2n) is 3.78. The molecule has 0 bridgehead atoms. The van der Waals surface area contributed by atoms with Crippen molar-refractivity contribution < 1.29 is 8.85 Å². The molecule has 0 heterocycles. The molecule has 0 N–H and O–H groups in total. The van der Waals surface area contributed by atoms with Gasteiger partial charge in [-0.3, -0.25) is 0 Å². The SMILES string of the molecule is CCO[Si](C)(CCN(CC)CC)OCC. The first-order valence-electron chi connectivity index (χ1n) is 6.12. The first kappa shape index (κ1) is 15.1. The summed E-state index contributed by atoms with van der Waals surface area (Å²) in [5, 5.41) is 0. The van der Waals surface area contributed by atoms with Crippen LogP contribution < -0.4 is 0 Å². The van der Waals surface area contributed by atoms with Crippen molar-refractivity contribution in [1.82, 2.24) is 4.90 Å². The van der Waals surface area contributed by atoms with Crippen molar-refractivity contribution >= 4 is 8.56 Å². The molecule has 0 aliphatic carbocycles. The van der Waals surface area contributed by atoms with Crippen LogP contribution in [0.25, 0.3) is 0 Å². The van der Waals surface area contributed by atoms with E-state index in [1.807, 2.05) is 13.8 Å². The zero-order valence-corrected chi connectivity index (χ0v) is 12.0. The Hall–Kier alpha value is 0.0969. The van der Waals surface area contributed by atoms with Crippen molar-refractivity contribution in [3.63, 3.8) is 0 Å². The molecule has 92 valence electrons. The van der Waals surface area contributed by atoms with E-state index in [9.17, 15) is 0 Å². The molecule has 0 saturated carbocycles. The van der Waals surface area contributed by atoms with Gasteiger partial charge in [0.1, 0.15) is 0 Å². The summed E-state index contributed by atoms with van der Waals surface area (Å²) >= 11 is 0. The maximum absolute atomic E-state index is 5.80. The van der Waals surface area contributed by atoms with Crippen LogP contribution in [0.5, 0.6) is 0 Å². The average Bonchev–Trinajstić information content (AvgIpc) is 2.20. The van der Waals surface area contributed by atoms with Crippen LogP contribution in [0.15, 0.2) is 0 Å². The molecule has 0 radical (unpaired) electrons. The van der Waals surface area contributed by atoms with Crippen LogP contribution in [0, 0.1) is 0 Å². The predicted octanol–water partition coefficient (Wildman–Crippen LogP) is 2.47. The summed E-state index contributed by atoms with van der Waals surface area (Å²) in [7, 11) is -1.89. The highest BCUT2D eigenvalue weighted by Crippen LogP contribution is 2.14. The summed E-state index contributed by atoms with van der Waals surface area (Å²) in [5.74, 6) is 0. The summed E-state index contributed by atoms with van der Waals surface area (Å²) in [6.45, 7) is 15.5. The Labute approximate surface area is 96.0 Å². The van der Waals surface area contributed by atoms with Gasteiger partial charge in [-0.2, -0.15) is 0 Å². The van der Waals surface area contributed by atoms with Gasteiger partial charge in [0.05, 0.1) is 0 Å². The fourth-order valence-corrected chi connectivity index (χ4v) is 4.01. The molecular formula is C11H27NO2Si. The van der Waals surface area contributed by atoms with Gasteiger partial charge < -0.3 is 13.8 Å². The quantitative estimate of drug-likeness (QED) is 0.571. The largest absolute Gasteiger partial charge is 0.395 e. The first-order chi connectivity index (χ1) is 7.11. The van der Waals surface area contributed by atoms with E-state index in [1.165, 1.54) is 0 Å². The summed E-state index contributed by atoms with van der Waals surface area (Å²) in [5.41, 5.74) is 0. The van der Waals surface area contributed by atoms with Crippen LogP contribution in [0.1, 0.15) is 27.7 Å². The Morgan fingerprint density at radius 3 is 1.73 bits per heavy atom. The second kappa shape index (κ2) is 8.27. The highest BCUT2D eigenvalue weighted by atomic mass is 28.4. The van der Waals surface area contributed by atoms with Crippen molar-refractivity contribution in [2.45, 2.75) is 40.3 Å². The summed E-state index contributed by atoms with van der Waals surface area (Å²) in [6, 6.07) is 1.07. The number of hydrogen-bond acceptors (Lipinski definition) is 3. The van der Waals surface area contributed by atoms with E-state index in [4.69, 9.17) is 8.85 Å². The third-order valence-electron chi connectivity index (χ3n) is 2.68.